The maximum atomic E-state index is 11.4. The number of Topliss-reactive ketones (excluding diaryl/α,β-unsaturated/α-hetero) is 1. The van der Waals surface area contributed by atoms with Crippen molar-refractivity contribution in [2.45, 2.75) is 39.2 Å². The van der Waals surface area contributed by atoms with E-state index in [4.69, 9.17) is 5.73 Å². The van der Waals surface area contributed by atoms with Gasteiger partial charge < -0.3 is 5.73 Å². The summed E-state index contributed by atoms with van der Waals surface area (Å²) in [4.78, 5) is 11.4. The van der Waals surface area contributed by atoms with E-state index in [-0.39, 0.29) is 17.9 Å². The molecule has 2 atom stereocenters. The van der Waals surface area contributed by atoms with Crippen LogP contribution in [-0.4, -0.2) is 11.8 Å². The lowest BCUT2D eigenvalue weighted by Gasteiger charge is -2.10. The van der Waals surface area contributed by atoms with Crippen molar-refractivity contribution in [2.24, 2.45) is 17.6 Å². The zero-order valence-electron chi connectivity index (χ0n) is 7.34. The van der Waals surface area contributed by atoms with E-state index in [1.165, 1.54) is 0 Å². The van der Waals surface area contributed by atoms with Gasteiger partial charge in [0, 0.05) is 17.9 Å². The van der Waals surface area contributed by atoms with Crippen molar-refractivity contribution in [1.82, 2.24) is 0 Å². The van der Waals surface area contributed by atoms with Gasteiger partial charge in [0.2, 0.25) is 0 Å². The van der Waals surface area contributed by atoms with E-state index >= 15 is 0 Å². The predicted octanol–water partition coefficient (Wildman–Crippen LogP) is 1.34. The third kappa shape index (κ3) is 2.03. The lowest BCUT2D eigenvalue weighted by Crippen LogP contribution is -2.20. The molecule has 2 heteroatoms. The molecule has 0 radical (unpaired) electrons. The van der Waals surface area contributed by atoms with Gasteiger partial charge in [-0.15, -0.1) is 0 Å². The Morgan fingerprint density at radius 2 is 2.09 bits per heavy atom. The second-order valence-electron chi connectivity index (χ2n) is 3.83. The first-order valence-electron chi connectivity index (χ1n) is 4.40. The SMILES string of the molecule is CC(C)C(=O)[C@@H]1CC[C@H](N)C1. The summed E-state index contributed by atoms with van der Waals surface area (Å²) in [5, 5.41) is 0. The van der Waals surface area contributed by atoms with Crippen LogP contribution < -0.4 is 5.73 Å². The fraction of sp³-hybridized carbons (Fsp3) is 0.889. The minimum atomic E-state index is 0.185. The maximum absolute atomic E-state index is 11.4. The second kappa shape index (κ2) is 3.35. The van der Waals surface area contributed by atoms with Gasteiger partial charge in [-0.2, -0.15) is 0 Å². The molecule has 2 N–H and O–H groups in total. The molecule has 0 aromatic carbocycles. The topological polar surface area (TPSA) is 43.1 Å². The first-order chi connectivity index (χ1) is 5.11. The zero-order chi connectivity index (χ0) is 8.43. The number of hydrogen-bond donors (Lipinski definition) is 1. The van der Waals surface area contributed by atoms with Gasteiger partial charge in [0.1, 0.15) is 5.78 Å². The summed E-state index contributed by atoms with van der Waals surface area (Å²) in [7, 11) is 0. The fourth-order valence-corrected chi connectivity index (χ4v) is 1.75. The Kier molecular flexibility index (Phi) is 2.66. The van der Waals surface area contributed by atoms with Crippen molar-refractivity contribution in [2.75, 3.05) is 0 Å². The van der Waals surface area contributed by atoms with Crippen LogP contribution in [0.4, 0.5) is 0 Å². The van der Waals surface area contributed by atoms with Crippen molar-refractivity contribution in [3.05, 3.63) is 0 Å². The van der Waals surface area contributed by atoms with Gasteiger partial charge in [0.25, 0.3) is 0 Å². The molecule has 0 aliphatic heterocycles. The summed E-state index contributed by atoms with van der Waals surface area (Å²) >= 11 is 0. The summed E-state index contributed by atoms with van der Waals surface area (Å²) in [6, 6.07) is 0.280. The molecule has 2 nitrogen and oxygen atoms in total. The molecule has 0 heterocycles. The highest BCUT2D eigenvalue weighted by atomic mass is 16.1. The molecular formula is C9H17NO. The molecule has 1 saturated carbocycles. The Hall–Kier alpha value is -0.370. The molecule has 0 bridgehead atoms. The van der Waals surface area contributed by atoms with Gasteiger partial charge in [0.15, 0.2) is 0 Å². The van der Waals surface area contributed by atoms with Crippen molar-refractivity contribution in [3.63, 3.8) is 0 Å². The van der Waals surface area contributed by atoms with Crippen molar-refractivity contribution < 1.29 is 4.79 Å². The van der Waals surface area contributed by atoms with Gasteiger partial charge in [-0.05, 0) is 19.3 Å². The lowest BCUT2D eigenvalue weighted by atomic mass is 9.94. The molecule has 0 aromatic heterocycles. The highest BCUT2D eigenvalue weighted by Gasteiger charge is 2.28. The molecule has 0 saturated heterocycles. The quantitative estimate of drug-likeness (QED) is 0.654. The van der Waals surface area contributed by atoms with Crippen molar-refractivity contribution >= 4 is 5.78 Å². The number of rotatable bonds is 2. The predicted molar refractivity (Wildman–Crippen MR) is 45.2 cm³/mol. The Morgan fingerprint density at radius 3 is 2.45 bits per heavy atom. The van der Waals surface area contributed by atoms with E-state index < -0.39 is 0 Å². The molecule has 64 valence electrons. The number of carbonyl (C=O) groups is 1. The average molecular weight is 155 g/mol. The van der Waals surface area contributed by atoms with Gasteiger partial charge in [-0.25, -0.2) is 0 Å². The van der Waals surface area contributed by atoms with E-state index in [0.29, 0.717) is 5.78 Å². The van der Waals surface area contributed by atoms with E-state index in [2.05, 4.69) is 0 Å². The van der Waals surface area contributed by atoms with E-state index in [0.717, 1.165) is 19.3 Å². The van der Waals surface area contributed by atoms with Crippen LogP contribution in [0, 0.1) is 11.8 Å². The van der Waals surface area contributed by atoms with Gasteiger partial charge in [0.05, 0.1) is 0 Å². The molecule has 1 aliphatic rings. The average Bonchev–Trinajstić information content (AvgIpc) is 2.34. The van der Waals surface area contributed by atoms with Gasteiger partial charge in [-0.3, -0.25) is 4.79 Å². The molecule has 0 unspecified atom stereocenters. The fourth-order valence-electron chi connectivity index (χ4n) is 1.75. The first-order valence-corrected chi connectivity index (χ1v) is 4.40. The molecule has 1 aliphatic carbocycles. The highest BCUT2D eigenvalue weighted by Crippen LogP contribution is 2.26. The van der Waals surface area contributed by atoms with Gasteiger partial charge >= 0.3 is 0 Å². The standard InChI is InChI=1S/C9H17NO/c1-6(2)9(11)7-3-4-8(10)5-7/h6-8H,3-5,10H2,1-2H3/t7-,8+/m1/s1. The summed E-state index contributed by atoms with van der Waals surface area (Å²) in [6.45, 7) is 3.93. The number of carbonyl (C=O) groups excluding carboxylic acids is 1. The smallest absolute Gasteiger partial charge is 0.138 e. The lowest BCUT2D eigenvalue weighted by molar-refractivity contribution is -0.125. The first kappa shape index (κ1) is 8.72. The summed E-state index contributed by atoms with van der Waals surface area (Å²) in [5.41, 5.74) is 5.71. The minimum absolute atomic E-state index is 0.185. The molecule has 1 fully saturated rings. The minimum Gasteiger partial charge on any atom is -0.328 e. The van der Waals surface area contributed by atoms with Gasteiger partial charge in [-0.1, -0.05) is 13.8 Å². The van der Waals surface area contributed by atoms with Crippen LogP contribution in [0.2, 0.25) is 0 Å². The van der Waals surface area contributed by atoms with Crippen LogP contribution in [0.25, 0.3) is 0 Å². The summed E-state index contributed by atoms with van der Waals surface area (Å²) in [6.07, 6.45) is 2.96. The zero-order valence-corrected chi connectivity index (χ0v) is 7.34. The highest BCUT2D eigenvalue weighted by molar-refractivity contribution is 5.83. The largest absolute Gasteiger partial charge is 0.328 e. The molecule has 11 heavy (non-hydrogen) atoms. The maximum Gasteiger partial charge on any atom is 0.138 e. The normalized spacial score (nSPS) is 31.3. The van der Waals surface area contributed by atoms with E-state index in [9.17, 15) is 4.79 Å². The van der Waals surface area contributed by atoms with Crippen LogP contribution in [0.1, 0.15) is 33.1 Å². The molecule has 0 aromatic rings. The van der Waals surface area contributed by atoms with Crippen LogP contribution >= 0.6 is 0 Å². The van der Waals surface area contributed by atoms with Crippen molar-refractivity contribution in [3.8, 4) is 0 Å². The van der Waals surface area contributed by atoms with Crippen LogP contribution in [0.15, 0.2) is 0 Å². The third-order valence-electron chi connectivity index (χ3n) is 2.44. The van der Waals surface area contributed by atoms with Crippen LogP contribution in [0.5, 0.6) is 0 Å². The van der Waals surface area contributed by atoms with E-state index in [1.54, 1.807) is 0 Å². The third-order valence-corrected chi connectivity index (χ3v) is 2.44. The Morgan fingerprint density at radius 1 is 1.45 bits per heavy atom. The molecular weight excluding hydrogens is 138 g/mol. The number of nitrogens with two attached hydrogens (primary N) is 1. The Bertz CT molecular complexity index is 154. The van der Waals surface area contributed by atoms with Crippen molar-refractivity contribution in [1.29, 1.82) is 0 Å². The molecule has 0 spiro atoms. The summed E-state index contributed by atoms with van der Waals surface area (Å²) in [5.74, 6) is 0.855. The summed E-state index contributed by atoms with van der Waals surface area (Å²) < 4.78 is 0. The molecule has 1 rings (SSSR count). The van der Waals surface area contributed by atoms with E-state index in [1.807, 2.05) is 13.8 Å². The Labute approximate surface area is 68.2 Å². The monoisotopic (exact) mass is 155 g/mol. The molecule has 0 amide bonds. The number of ketones is 1. The van der Waals surface area contributed by atoms with Crippen LogP contribution in [-0.2, 0) is 4.79 Å². The van der Waals surface area contributed by atoms with Crippen LogP contribution in [0.3, 0.4) is 0 Å². The second-order valence-corrected chi connectivity index (χ2v) is 3.83. The Balaban J connectivity index is 2.43. The number of hydrogen-bond acceptors (Lipinski definition) is 2.